The van der Waals surface area contributed by atoms with Crippen molar-refractivity contribution >= 4 is 86.8 Å². The Labute approximate surface area is 345 Å². The molecule has 0 saturated carbocycles. The number of hydrogen-bond donors (Lipinski definition) is 0. The molecule has 0 unspecified atom stereocenters. The Balaban J connectivity index is 0.952. The predicted octanol–water partition coefficient (Wildman–Crippen LogP) is 15.2. The molecule has 3 heterocycles. The van der Waals surface area contributed by atoms with E-state index in [2.05, 4.69) is 221 Å². The van der Waals surface area contributed by atoms with Crippen LogP contribution in [0.5, 0.6) is 0 Å². The zero-order valence-electron chi connectivity index (χ0n) is 32.5. The second-order valence-electron chi connectivity index (χ2n) is 15.9. The predicted molar refractivity (Wildman–Crippen MR) is 254 cm³/mol. The molecule has 3 aromatic heterocycles. The van der Waals surface area contributed by atoms with Gasteiger partial charge in [0, 0.05) is 54.6 Å². The first kappa shape index (κ1) is 33.0. The molecular weight excluding hydrogens is 727 g/mol. The van der Waals surface area contributed by atoms with Crippen LogP contribution in [0.1, 0.15) is 0 Å². The van der Waals surface area contributed by atoms with Crippen LogP contribution >= 0.6 is 0 Å². The zero-order chi connectivity index (χ0) is 39.3. The van der Waals surface area contributed by atoms with Crippen molar-refractivity contribution in [2.45, 2.75) is 0 Å². The van der Waals surface area contributed by atoms with E-state index in [-0.39, 0.29) is 0 Å². The normalized spacial score (nSPS) is 12.0. The van der Waals surface area contributed by atoms with E-state index in [0.29, 0.717) is 0 Å². The van der Waals surface area contributed by atoms with E-state index < -0.39 is 0 Å². The van der Waals surface area contributed by atoms with Gasteiger partial charge in [-0.2, -0.15) is 0 Å². The summed E-state index contributed by atoms with van der Waals surface area (Å²) in [5.74, 6) is 0. The molecule has 3 nitrogen and oxygen atoms in total. The van der Waals surface area contributed by atoms with Crippen molar-refractivity contribution in [1.82, 2.24) is 14.1 Å². The van der Waals surface area contributed by atoms with Crippen molar-refractivity contribution in [2.75, 3.05) is 0 Å². The van der Waals surface area contributed by atoms with Gasteiger partial charge in [0.25, 0.3) is 0 Å². The van der Waals surface area contributed by atoms with E-state index in [1.54, 1.807) is 0 Å². The number of nitrogens with zero attached hydrogens (tertiary/aromatic N) is 3. The fourth-order valence-electron chi connectivity index (χ4n) is 10.0. The average Bonchev–Trinajstić information content (AvgIpc) is 3.84. The summed E-state index contributed by atoms with van der Waals surface area (Å²) in [6, 6.07) is 77.2. The second kappa shape index (κ2) is 12.7. The Hall–Kier alpha value is -8.01. The van der Waals surface area contributed by atoms with Gasteiger partial charge in [0.1, 0.15) is 0 Å². The quantitative estimate of drug-likeness (QED) is 0.164. The minimum absolute atomic E-state index is 1.00. The Bertz CT molecular complexity index is 3870. The van der Waals surface area contributed by atoms with Gasteiger partial charge in [0.05, 0.1) is 33.3 Å². The smallest absolute Gasteiger partial charge is 0.0800 e. The van der Waals surface area contributed by atoms with Gasteiger partial charge < -0.3 is 9.13 Å². The number of pyridine rings is 1. The Kier molecular flexibility index (Phi) is 7.01. The maximum absolute atomic E-state index is 5.53. The van der Waals surface area contributed by atoms with Crippen LogP contribution in [0.4, 0.5) is 0 Å². The first-order chi connectivity index (χ1) is 29.8. The minimum atomic E-state index is 1.00. The molecule has 0 aliphatic rings. The van der Waals surface area contributed by atoms with Crippen LogP contribution in [0.15, 0.2) is 212 Å². The van der Waals surface area contributed by atoms with E-state index in [1.165, 1.54) is 92.7 Å². The summed E-state index contributed by atoms with van der Waals surface area (Å²) in [7, 11) is 0. The van der Waals surface area contributed by atoms with E-state index >= 15 is 0 Å². The highest BCUT2D eigenvalue weighted by Crippen LogP contribution is 2.42. The van der Waals surface area contributed by atoms with Crippen molar-refractivity contribution < 1.29 is 0 Å². The zero-order valence-corrected chi connectivity index (χ0v) is 32.5. The summed E-state index contributed by atoms with van der Waals surface area (Å²) in [5, 5.41) is 13.5. The molecule has 10 aromatic carbocycles. The summed E-state index contributed by atoms with van der Waals surface area (Å²) >= 11 is 0. The SMILES string of the molecule is c1ccc(-n2c3ccccc3c3cc(-c4ccc5c(c4)c4ccccc4n5-c4ccc(-c5nc6c7ccccc7c7ccccc7c6c6ccccc56)cc4)ccc32)cc1. The molecule has 13 aromatic rings. The largest absolute Gasteiger partial charge is 0.309 e. The average molecular weight is 762 g/mol. The number of fused-ring (bicyclic) bond motifs is 14. The Morgan fingerprint density at radius 1 is 0.267 bits per heavy atom. The molecule has 0 N–H and O–H groups in total. The third-order valence-corrected chi connectivity index (χ3v) is 12.7. The second-order valence-corrected chi connectivity index (χ2v) is 15.9. The molecule has 278 valence electrons. The molecule has 0 aliphatic carbocycles. The maximum atomic E-state index is 5.53. The molecule has 0 radical (unpaired) electrons. The molecule has 0 fully saturated rings. The number of para-hydroxylation sites is 3. The van der Waals surface area contributed by atoms with E-state index in [1.807, 2.05) is 0 Å². The maximum Gasteiger partial charge on any atom is 0.0800 e. The highest BCUT2D eigenvalue weighted by Gasteiger charge is 2.19. The molecule has 0 bridgehead atoms. The van der Waals surface area contributed by atoms with Crippen LogP contribution in [-0.2, 0) is 0 Å². The summed E-state index contributed by atoms with van der Waals surface area (Å²) < 4.78 is 4.78. The first-order valence-corrected chi connectivity index (χ1v) is 20.6. The van der Waals surface area contributed by atoms with Crippen molar-refractivity contribution in [3.63, 3.8) is 0 Å². The van der Waals surface area contributed by atoms with Crippen molar-refractivity contribution in [3.8, 4) is 33.8 Å². The van der Waals surface area contributed by atoms with Gasteiger partial charge in [0.15, 0.2) is 0 Å². The fraction of sp³-hybridized carbons (Fsp3) is 0. The summed E-state index contributed by atoms with van der Waals surface area (Å²) in [4.78, 5) is 5.53. The third kappa shape index (κ3) is 4.75. The lowest BCUT2D eigenvalue weighted by Gasteiger charge is -2.15. The fourth-order valence-corrected chi connectivity index (χ4v) is 10.0. The number of benzene rings is 10. The lowest BCUT2D eigenvalue weighted by molar-refractivity contribution is 1.18. The molecular formula is C57H35N3. The molecule has 0 aliphatic heterocycles. The molecule has 13 rings (SSSR count). The molecule has 3 heteroatoms. The summed E-state index contributed by atoms with van der Waals surface area (Å²) in [6.45, 7) is 0. The van der Waals surface area contributed by atoms with Crippen LogP contribution in [-0.4, -0.2) is 14.1 Å². The topological polar surface area (TPSA) is 22.8 Å². The number of aromatic nitrogens is 3. The molecule has 60 heavy (non-hydrogen) atoms. The van der Waals surface area contributed by atoms with Gasteiger partial charge >= 0.3 is 0 Å². The lowest BCUT2D eigenvalue weighted by Crippen LogP contribution is -1.95. The number of rotatable bonds is 4. The van der Waals surface area contributed by atoms with E-state index in [4.69, 9.17) is 4.98 Å². The first-order valence-electron chi connectivity index (χ1n) is 20.6. The van der Waals surface area contributed by atoms with Crippen molar-refractivity contribution in [2.24, 2.45) is 0 Å². The Morgan fingerprint density at radius 3 is 1.25 bits per heavy atom. The van der Waals surface area contributed by atoms with Crippen molar-refractivity contribution in [1.29, 1.82) is 0 Å². The van der Waals surface area contributed by atoms with Gasteiger partial charge in [-0.25, -0.2) is 4.98 Å². The van der Waals surface area contributed by atoms with E-state index in [0.717, 1.165) is 27.8 Å². The lowest BCUT2D eigenvalue weighted by atomic mass is 9.92. The Morgan fingerprint density at radius 2 is 0.667 bits per heavy atom. The summed E-state index contributed by atoms with van der Waals surface area (Å²) in [5.41, 5.74) is 12.6. The van der Waals surface area contributed by atoms with Crippen LogP contribution in [0, 0.1) is 0 Å². The highest BCUT2D eigenvalue weighted by molar-refractivity contribution is 6.31. The van der Waals surface area contributed by atoms with Crippen molar-refractivity contribution in [3.05, 3.63) is 212 Å². The van der Waals surface area contributed by atoms with Crippen LogP contribution in [0.3, 0.4) is 0 Å². The van der Waals surface area contributed by atoms with Gasteiger partial charge in [-0.1, -0.05) is 152 Å². The van der Waals surface area contributed by atoms with Gasteiger partial charge in [0.2, 0.25) is 0 Å². The number of hydrogen-bond acceptors (Lipinski definition) is 1. The minimum Gasteiger partial charge on any atom is -0.309 e. The molecule has 0 amide bonds. The monoisotopic (exact) mass is 761 g/mol. The van der Waals surface area contributed by atoms with Crippen LogP contribution in [0.25, 0.3) is 121 Å². The van der Waals surface area contributed by atoms with Gasteiger partial charge in [-0.3, -0.25) is 0 Å². The molecule has 0 spiro atoms. The molecule has 0 atom stereocenters. The third-order valence-electron chi connectivity index (χ3n) is 12.7. The van der Waals surface area contributed by atoms with Crippen LogP contribution in [0.2, 0.25) is 0 Å². The standard InChI is InChI=1S/C57H35N3/c1-2-14-39(15-3-1)59-51-24-12-10-18-43(51)49-34-37(28-32-53(49)59)38-29-33-54-50(35-38)44-19-11-13-25-52(44)60(54)40-30-26-36(27-31-40)56-48-23-9-7-21-46(48)55-45-20-6-4-16-41(45)42-17-5-8-22-47(42)57(55)58-56/h1-35H. The van der Waals surface area contributed by atoms with Gasteiger partial charge in [-0.05, 0) is 93.3 Å². The highest BCUT2D eigenvalue weighted by atomic mass is 15.0. The van der Waals surface area contributed by atoms with E-state index in [9.17, 15) is 0 Å². The summed E-state index contributed by atoms with van der Waals surface area (Å²) in [6.07, 6.45) is 0. The van der Waals surface area contributed by atoms with Gasteiger partial charge in [-0.15, -0.1) is 0 Å². The van der Waals surface area contributed by atoms with Crippen LogP contribution < -0.4 is 0 Å². The molecule has 0 saturated heterocycles.